The Bertz CT molecular complexity index is 1200. The van der Waals surface area contributed by atoms with E-state index in [9.17, 15) is 14.2 Å². The van der Waals surface area contributed by atoms with E-state index >= 15 is 0 Å². The first-order chi connectivity index (χ1) is 25.3. The number of carbonyl (C=O) groups is 2. The molecule has 8 nitrogen and oxygen atoms in total. The lowest BCUT2D eigenvalue weighted by atomic mass is 10.1. The molecular formula is C43H67O8P. The molecule has 0 heterocycles. The van der Waals surface area contributed by atoms with E-state index in [1.807, 2.05) is 0 Å². The number of hydrogen-bond donors (Lipinski definition) is 2. The summed E-state index contributed by atoms with van der Waals surface area (Å²) in [5.41, 5.74) is 0. The number of ether oxygens (including phenoxy) is 2. The minimum Gasteiger partial charge on any atom is -0.462 e. The second kappa shape index (κ2) is 37.5. The van der Waals surface area contributed by atoms with Gasteiger partial charge in [-0.05, 0) is 96.3 Å². The van der Waals surface area contributed by atoms with Crippen molar-refractivity contribution in [3.63, 3.8) is 0 Å². The lowest BCUT2D eigenvalue weighted by Gasteiger charge is -2.18. The molecule has 0 fully saturated rings. The Kier molecular flexibility index (Phi) is 35.1. The van der Waals surface area contributed by atoms with Crippen LogP contribution in [-0.4, -0.2) is 41.0 Å². The monoisotopic (exact) mass is 742 g/mol. The molecule has 0 saturated carbocycles. The highest BCUT2D eigenvalue weighted by Crippen LogP contribution is 2.35. The van der Waals surface area contributed by atoms with Gasteiger partial charge in [-0.25, -0.2) is 4.57 Å². The van der Waals surface area contributed by atoms with E-state index < -0.39 is 32.5 Å². The Balaban J connectivity index is 4.14. The third-order valence-corrected chi connectivity index (χ3v) is 7.77. The molecule has 0 aliphatic heterocycles. The van der Waals surface area contributed by atoms with Gasteiger partial charge in [0.05, 0.1) is 6.61 Å². The highest BCUT2D eigenvalue weighted by molar-refractivity contribution is 7.46. The van der Waals surface area contributed by atoms with Crippen molar-refractivity contribution in [1.29, 1.82) is 0 Å². The van der Waals surface area contributed by atoms with E-state index in [4.69, 9.17) is 19.3 Å². The van der Waals surface area contributed by atoms with E-state index in [0.717, 1.165) is 89.9 Å². The van der Waals surface area contributed by atoms with Gasteiger partial charge in [0.15, 0.2) is 6.10 Å². The second-order valence-electron chi connectivity index (χ2n) is 12.1. The largest absolute Gasteiger partial charge is 0.469 e. The van der Waals surface area contributed by atoms with Crippen molar-refractivity contribution in [3.8, 4) is 0 Å². The van der Waals surface area contributed by atoms with Crippen LogP contribution in [0.15, 0.2) is 109 Å². The standard InChI is InChI=1S/C43H67O8P/c1-3-5-7-9-11-13-15-17-19-20-21-22-24-26-28-30-32-34-36-38-43(45)51-41(40-50-52(46,47)48)39-49-42(44)37-35-33-31-29-27-25-23-18-16-14-12-10-8-6-4-2/h5-8,11-14,17-19,21-23,26-29,41H,3-4,9-10,15-16,20,24-25,30-40H2,1-2H3,(H2,46,47,48)/b7-5-,8-6-,13-11-,14-12-,19-17-,22-21-,23-18-,28-26-,29-27-. The first-order valence-corrected chi connectivity index (χ1v) is 20.7. The van der Waals surface area contributed by atoms with Crippen molar-refractivity contribution in [3.05, 3.63) is 109 Å². The Morgan fingerprint density at radius 2 is 0.865 bits per heavy atom. The molecule has 0 saturated heterocycles. The van der Waals surface area contributed by atoms with Crippen molar-refractivity contribution in [2.24, 2.45) is 0 Å². The van der Waals surface area contributed by atoms with Crippen LogP contribution in [0.25, 0.3) is 0 Å². The van der Waals surface area contributed by atoms with Crippen molar-refractivity contribution < 1.29 is 37.9 Å². The predicted molar refractivity (Wildman–Crippen MR) is 216 cm³/mol. The molecule has 292 valence electrons. The summed E-state index contributed by atoms with van der Waals surface area (Å²) in [5.74, 6) is -0.986. The highest BCUT2D eigenvalue weighted by atomic mass is 31.2. The maximum absolute atomic E-state index is 12.4. The van der Waals surface area contributed by atoms with Crippen LogP contribution in [0.1, 0.15) is 129 Å². The maximum Gasteiger partial charge on any atom is 0.469 e. The van der Waals surface area contributed by atoms with Crippen LogP contribution < -0.4 is 0 Å². The molecule has 0 aromatic heterocycles. The van der Waals surface area contributed by atoms with Gasteiger partial charge in [0.25, 0.3) is 0 Å². The second-order valence-corrected chi connectivity index (χ2v) is 13.4. The molecule has 0 aliphatic carbocycles. The number of carbonyl (C=O) groups excluding carboxylic acids is 2. The number of phosphoric acid groups is 1. The van der Waals surface area contributed by atoms with Crippen LogP contribution in [0.2, 0.25) is 0 Å². The summed E-state index contributed by atoms with van der Waals surface area (Å²) in [6.45, 7) is 3.36. The van der Waals surface area contributed by atoms with E-state index in [2.05, 4.69) is 128 Å². The number of rotatable bonds is 33. The minimum absolute atomic E-state index is 0.156. The molecule has 0 aliphatic rings. The molecule has 2 N–H and O–H groups in total. The molecular weight excluding hydrogens is 675 g/mol. The Labute approximate surface area is 315 Å². The number of unbranched alkanes of at least 4 members (excludes halogenated alkanes) is 5. The third-order valence-electron chi connectivity index (χ3n) is 7.29. The van der Waals surface area contributed by atoms with Gasteiger partial charge in [0.1, 0.15) is 6.61 Å². The molecule has 0 radical (unpaired) electrons. The van der Waals surface area contributed by atoms with Gasteiger partial charge in [-0.3, -0.25) is 14.1 Å². The summed E-state index contributed by atoms with van der Waals surface area (Å²) in [5, 5.41) is 0. The van der Waals surface area contributed by atoms with E-state index in [1.165, 1.54) is 0 Å². The van der Waals surface area contributed by atoms with Crippen molar-refractivity contribution in [2.45, 2.75) is 136 Å². The van der Waals surface area contributed by atoms with E-state index in [0.29, 0.717) is 12.8 Å². The topological polar surface area (TPSA) is 119 Å². The molecule has 0 bridgehead atoms. The van der Waals surface area contributed by atoms with Gasteiger partial charge in [-0.1, -0.05) is 130 Å². The number of esters is 2. The summed E-state index contributed by atoms with van der Waals surface area (Å²) in [6, 6.07) is 0. The van der Waals surface area contributed by atoms with Crippen molar-refractivity contribution in [1.82, 2.24) is 0 Å². The summed E-state index contributed by atoms with van der Waals surface area (Å²) in [7, 11) is -4.78. The number of hydrogen-bond acceptors (Lipinski definition) is 6. The highest BCUT2D eigenvalue weighted by Gasteiger charge is 2.22. The summed E-state index contributed by atoms with van der Waals surface area (Å²) >= 11 is 0. The quantitative estimate of drug-likeness (QED) is 0.0295. The Morgan fingerprint density at radius 3 is 1.29 bits per heavy atom. The first-order valence-electron chi connectivity index (χ1n) is 19.2. The van der Waals surface area contributed by atoms with Gasteiger partial charge in [0, 0.05) is 12.8 Å². The predicted octanol–water partition coefficient (Wildman–Crippen LogP) is 11.6. The average Bonchev–Trinajstić information content (AvgIpc) is 3.11. The van der Waals surface area contributed by atoms with E-state index in [1.54, 1.807) is 0 Å². The maximum atomic E-state index is 12.4. The smallest absolute Gasteiger partial charge is 0.462 e. The number of phosphoric ester groups is 1. The summed E-state index contributed by atoms with van der Waals surface area (Å²) < 4.78 is 26.3. The molecule has 1 atom stereocenters. The van der Waals surface area contributed by atoms with Crippen LogP contribution in [0.5, 0.6) is 0 Å². The van der Waals surface area contributed by atoms with Crippen molar-refractivity contribution in [2.75, 3.05) is 13.2 Å². The van der Waals surface area contributed by atoms with Gasteiger partial charge >= 0.3 is 19.8 Å². The molecule has 0 aromatic carbocycles. The van der Waals surface area contributed by atoms with Crippen molar-refractivity contribution >= 4 is 19.8 Å². The molecule has 1 unspecified atom stereocenters. The van der Waals surface area contributed by atoms with Crippen LogP contribution in [-0.2, 0) is 28.2 Å². The fourth-order valence-corrected chi connectivity index (χ4v) is 4.87. The molecule has 0 rings (SSSR count). The normalized spacial score (nSPS) is 13.7. The summed E-state index contributed by atoms with van der Waals surface area (Å²) in [4.78, 5) is 42.7. The fourth-order valence-electron chi connectivity index (χ4n) is 4.51. The van der Waals surface area contributed by atoms with Crippen LogP contribution in [0, 0.1) is 0 Å². The molecule has 52 heavy (non-hydrogen) atoms. The number of allylic oxidation sites excluding steroid dienone is 18. The Morgan fingerprint density at radius 1 is 0.500 bits per heavy atom. The summed E-state index contributed by atoms with van der Waals surface area (Å²) in [6.07, 6.45) is 52.4. The zero-order chi connectivity index (χ0) is 38.2. The van der Waals surface area contributed by atoms with Gasteiger partial charge in [-0.15, -0.1) is 0 Å². The minimum atomic E-state index is -4.78. The lowest BCUT2D eigenvalue weighted by molar-refractivity contribution is -0.161. The molecule has 9 heteroatoms. The third kappa shape index (κ3) is 39.5. The Hall–Kier alpha value is -3.29. The van der Waals surface area contributed by atoms with E-state index in [-0.39, 0.29) is 19.4 Å². The van der Waals surface area contributed by atoms with Gasteiger partial charge in [-0.2, -0.15) is 0 Å². The van der Waals surface area contributed by atoms with Gasteiger partial charge in [0.2, 0.25) is 0 Å². The zero-order valence-electron chi connectivity index (χ0n) is 31.9. The van der Waals surface area contributed by atoms with Crippen LogP contribution in [0.4, 0.5) is 0 Å². The molecule has 0 spiro atoms. The average molecular weight is 743 g/mol. The molecule has 0 aromatic rings. The first kappa shape index (κ1) is 48.7. The fraction of sp³-hybridized carbons (Fsp3) is 0.535. The van der Waals surface area contributed by atoms with Gasteiger partial charge < -0.3 is 19.3 Å². The van der Waals surface area contributed by atoms with Crippen LogP contribution >= 0.6 is 7.82 Å². The molecule has 0 amide bonds. The SMILES string of the molecule is CC/C=C\C/C=C\C/C=C\C/C=C\C/C=C\CCCCCC(=O)OC(COC(=O)CCCC/C=C\C/C=C\C/C=C\C/C=C\CC)COP(=O)(O)O. The lowest BCUT2D eigenvalue weighted by Crippen LogP contribution is -2.29. The van der Waals surface area contributed by atoms with Crippen LogP contribution in [0.3, 0.4) is 0 Å². The zero-order valence-corrected chi connectivity index (χ0v) is 32.8.